The lowest BCUT2D eigenvalue weighted by molar-refractivity contribution is -0.127. The highest BCUT2D eigenvalue weighted by atomic mass is 16.7. The third kappa shape index (κ3) is 3.45. The Labute approximate surface area is 141 Å². The van der Waals surface area contributed by atoms with Gasteiger partial charge in [-0.3, -0.25) is 4.79 Å². The van der Waals surface area contributed by atoms with Gasteiger partial charge < -0.3 is 19.5 Å². The van der Waals surface area contributed by atoms with Gasteiger partial charge in [0.15, 0.2) is 17.6 Å². The van der Waals surface area contributed by atoms with E-state index in [4.69, 9.17) is 14.2 Å². The zero-order valence-corrected chi connectivity index (χ0v) is 14.1. The van der Waals surface area contributed by atoms with Gasteiger partial charge in [0.2, 0.25) is 6.79 Å². The Hall–Kier alpha value is -2.69. The third-order valence-electron chi connectivity index (χ3n) is 4.13. The van der Waals surface area contributed by atoms with E-state index in [9.17, 15) is 4.79 Å². The van der Waals surface area contributed by atoms with Crippen LogP contribution in [-0.2, 0) is 11.3 Å². The van der Waals surface area contributed by atoms with Gasteiger partial charge in [0, 0.05) is 6.54 Å². The highest BCUT2D eigenvalue weighted by Gasteiger charge is 2.17. The minimum absolute atomic E-state index is 0.159. The summed E-state index contributed by atoms with van der Waals surface area (Å²) >= 11 is 0. The standard InChI is InChI=1S/C19H21NO4/c1-12-5-4-6-16(13(12)2)24-14(3)19(21)20-10-15-7-8-17-18(9-15)23-11-22-17/h4-9,14H,10-11H2,1-3H3,(H,20,21). The van der Waals surface area contributed by atoms with Gasteiger partial charge in [0.25, 0.3) is 5.91 Å². The number of aryl methyl sites for hydroxylation is 1. The number of fused-ring (bicyclic) bond motifs is 1. The van der Waals surface area contributed by atoms with E-state index in [1.807, 2.05) is 50.2 Å². The van der Waals surface area contributed by atoms with Gasteiger partial charge in [0.05, 0.1) is 0 Å². The van der Waals surface area contributed by atoms with E-state index in [0.717, 1.165) is 28.2 Å². The van der Waals surface area contributed by atoms with Gasteiger partial charge in [-0.2, -0.15) is 0 Å². The zero-order valence-electron chi connectivity index (χ0n) is 14.1. The van der Waals surface area contributed by atoms with Crippen molar-refractivity contribution in [1.29, 1.82) is 0 Å². The van der Waals surface area contributed by atoms with Crippen LogP contribution in [0.25, 0.3) is 0 Å². The van der Waals surface area contributed by atoms with E-state index in [0.29, 0.717) is 12.3 Å². The number of hydrogen-bond acceptors (Lipinski definition) is 4. The van der Waals surface area contributed by atoms with Crippen LogP contribution in [0.3, 0.4) is 0 Å². The first-order chi connectivity index (χ1) is 11.5. The highest BCUT2D eigenvalue weighted by Crippen LogP contribution is 2.32. The summed E-state index contributed by atoms with van der Waals surface area (Å²) in [6, 6.07) is 11.5. The summed E-state index contributed by atoms with van der Waals surface area (Å²) in [4.78, 5) is 12.3. The fraction of sp³-hybridized carbons (Fsp3) is 0.316. The lowest BCUT2D eigenvalue weighted by atomic mass is 10.1. The monoisotopic (exact) mass is 327 g/mol. The molecule has 0 aliphatic carbocycles. The van der Waals surface area contributed by atoms with Crippen molar-refractivity contribution in [2.24, 2.45) is 0 Å². The number of hydrogen-bond donors (Lipinski definition) is 1. The Kier molecular flexibility index (Phi) is 4.60. The van der Waals surface area contributed by atoms with Gasteiger partial charge in [-0.25, -0.2) is 0 Å². The van der Waals surface area contributed by atoms with Crippen LogP contribution < -0.4 is 19.5 Å². The summed E-state index contributed by atoms with van der Waals surface area (Å²) < 4.78 is 16.4. The number of nitrogens with one attached hydrogen (secondary N) is 1. The van der Waals surface area contributed by atoms with Gasteiger partial charge in [0.1, 0.15) is 5.75 Å². The first-order valence-electron chi connectivity index (χ1n) is 7.93. The molecule has 0 bridgehead atoms. The van der Waals surface area contributed by atoms with Crippen LogP contribution in [0, 0.1) is 13.8 Å². The van der Waals surface area contributed by atoms with E-state index >= 15 is 0 Å². The molecule has 2 aromatic rings. The van der Waals surface area contributed by atoms with E-state index in [1.54, 1.807) is 6.92 Å². The summed E-state index contributed by atoms with van der Waals surface area (Å²) in [7, 11) is 0. The van der Waals surface area contributed by atoms with E-state index in [2.05, 4.69) is 5.32 Å². The molecule has 5 nitrogen and oxygen atoms in total. The maximum atomic E-state index is 12.3. The second-order valence-corrected chi connectivity index (χ2v) is 5.86. The third-order valence-corrected chi connectivity index (χ3v) is 4.13. The predicted molar refractivity (Wildman–Crippen MR) is 90.4 cm³/mol. The van der Waals surface area contributed by atoms with Crippen LogP contribution in [0.15, 0.2) is 36.4 Å². The van der Waals surface area contributed by atoms with E-state index < -0.39 is 6.10 Å². The Morgan fingerprint density at radius 3 is 2.83 bits per heavy atom. The molecule has 1 aliphatic heterocycles. The van der Waals surface area contributed by atoms with Crippen LogP contribution >= 0.6 is 0 Å². The molecule has 1 unspecified atom stereocenters. The van der Waals surface area contributed by atoms with E-state index in [1.165, 1.54) is 0 Å². The molecule has 0 radical (unpaired) electrons. The molecule has 0 spiro atoms. The Balaban J connectivity index is 1.57. The van der Waals surface area contributed by atoms with Crippen LogP contribution in [0.2, 0.25) is 0 Å². The first-order valence-corrected chi connectivity index (χ1v) is 7.93. The molecule has 5 heteroatoms. The minimum Gasteiger partial charge on any atom is -0.481 e. The van der Waals surface area contributed by atoms with Gasteiger partial charge in [-0.15, -0.1) is 0 Å². The Morgan fingerprint density at radius 1 is 1.21 bits per heavy atom. The van der Waals surface area contributed by atoms with Crippen LogP contribution in [-0.4, -0.2) is 18.8 Å². The maximum absolute atomic E-state index is 12.3. The normalized spacial score (nSPS) is 13.5. The van der Waals surface area contributed by atoms with Crippen molar-refractivity contribution in [1.82, 2.24) is 5.32 Å². The van der Waals surface area contributed by atoms with Gasteiger partial charge in [-0.05, 0) is 55.7 Å². The van der Waals surface area contributed by atoms with Crippen molar-refractivity contribution in [2.75, 3.05) is 6.79 Å². The molecule has 24 heavy (non-hydrogen) atoms. The molecule has 0 fully saturated rings. The lowest BCUT2D eigenvalue weighted by Gasteiger charge is -2.17. The second kappa shape index (κ2) is 6.83. The second-order valence-electron chi connectivity index (χ2n) is 5.86. The van der Waals surface area contributed by atoms with E-state index in [-0.39, 0.29) is 12.7 Å². The number of rotatable bonds is 5. The van der Waals surface area contributed by atoms with Gasteiger partial charge >= 0.3 is 0 Å². The van der Waals surface area contributed by atoms with Gasteiger partial charge in [-0.1, -0.05) is 18.2 Å². The SMILES string of the molecule is Cc1cccc(OC(C)C(=O)NCc2ccc3c(c2)OCO3)c1C. The van der Waals surface area contributed by atoms with Crippen molar-refractivity contribution in [3.8, 4) is 17.2 Å². The Bertz CT molecular complexity index is 757. The fourth-order valence-corrected chi connectivity index (χ4v) is 2.48. The molecule has 0 saturated carbocycles. The van der Waals surface area contributed by atoms with Crippen LogP contribution in [0.5, 0.6) is 17.2 Å². The highest BCUT2D eigenvalue weighted by molar-refractivity contribution is 5.80. The summed E-state index contributed by atoms with van der Waals surface area (Å²) in [5, 5.41) is 2.88. The number of ether oxygens (including phenoxy) is 3. The summed E-state index contributed by atoms with van der Waals surface area (Å²) in [5.41, 5.74) is 3.14. The molecular formula is C19H21NO4. The number of carbonyl (C=O) groups excluding carboxylic acids is 1. The number of amides is 1. The molecule has 1 atom stereocenters. The van der Waals surface area contributed by atoms with Crippen molar-refractivity contribution in [3.05, 3.63) is 53.1 Å². The molecule has 0 aromatic heterocycles. The quantitative estimate of drug-likeness (QED) is 0.917. The van der Waals surface area contributed by atoms with Crippen LogP contribution in [0.1, 0.15) is 23.6 Å². The number of carbonyl (C=O) groups is 1. The van der Waals surface area contributed by atoms with Crippen molar-refractivity contribution in [2.45, 2.75) is 33.4 Å². The summed E-state index contributed by atoms with van der Waals surface area (Å²) in [6.07, 6.45) is -0.570. The lowest BCUT2D eigenvalue weighted by Crippen LogP contribution is -2.36. The summed E-state index contributed by atoms with van der Waals surface area (Å²) in [5.74, 6) is 2.02. The molecular weight excluding hydrogens is 306 g/mol. The fourth-order valence-electron chi connectivity index (χ4n) is 2.48. The maximum Gasteiger partial charge on any atom is 0.261 e. The first kappa shape index (κ1) is 16.2. The molecule has 2 aromatic carbocycles. The molecule has 126 valence electrons. The molecule has 1 amide bonds. The van der Waals surface area contributed by atoms with Crippen molar-refractivity contribution in [3.63, 3.8) is 0 Å². The summed E-state index contributed by atoms with van der Waals surface area (Å²) in [6.45, 7) is 6.41. The number of benzene rings is 2. The average Bonchev–Trinajstić information content (AvgIpc) is 3.04. The molecule has 1 N–H and O–H groups in total. The predicted octanol–water partition coefficient (Wildman–Crippen LogP) is 3.12. The Morgan fingerprint density at radius 2 is 2.00 bits per heavy atom. The topological polar surface area (TPSA) is 56.8 Å². The van der Waals surface area contributed by atoms with Crippen LogP contribution in [0.4, 0.5) is 0 Å². The van der Waals surface area contributed by atoms with Crippen molar-refractivity contribution < 1.29 is 19.0 Å². The van der Waals surface area contributed by atoms with Crippen molar-refractivity contribution >= 4 is 5.91 Å². The smallest absolute Gasteiger partial charge is 0.261 e. The zero-order chi connectivity index (χ0) is 17.1. The molecule has 3 rings (SSSR count). The molecule has 1 aliphatic rings. The average molecular weight is 327 g/mol. The molecule has 1 heterocycles. The minimum atomic E-state index is -0.570. The largest absolute Gasteiger partial charge is 0.481 e. The molecule has 0 saturated heterocycles.